The molecule has 0 radical (unpaired) electrons. The van der Waals surface area contributed by atoms with Gasteiger partial charge < -0.3 is 10.2 Å². The Morgan fingerprint density at radius 2 is 0.826 bits per heavy atom. The molecule has 134 valence electrons. The molecule has 0 aliphatic rings. The van der Waals surface area contributed by atoms with E-state index in [1.165, 1.54) is 32.1 Å². The summed E-state index contributed by atoms with van der Waals surface area (Å²) >= 11 is 0. The lowest BCUT2D eigenvalue weighted by atomic mass is 10.1. The van der Waals surface area contributed by atoms with Crippen LogP contribution >= 0.6 is 0 Å². The van der Waals surface area contributed by atoms with Gasteiger partial charge in [-0.15, -0.1) is 0 Å². The van der Waals surface area contributed by atoms with Crippen molar-refractivity contribution in [1.82, 2.24) is 0 Å². The fourth-order valence-electron chi connectivity index (χ4n) is 2.55. The van der Waals surface area contributed by atoms with Crippen molar-refractivity contribution in [3.8, 4) is 0 Å². The highest BCUT2D eigenvalue weighted by molar-refractivity contribution is 5.66. The van der Waals surface area contributed by atoms with Gasteiger partial charge in [0.1, 0.15) is 0 Å². The highest BCUT2D eigenvalue weighted by Crippen LogP contribution is 2.10. The molecule has 0 rings (SSSR count). The highest BCUT2D eigenvalue weighted by Gasteiger charge is 1.97. The molecular formula is C19H34O4. The Balaban J connectivity index is 3.11. The molecule has 0 amide bonds. The number of rotatable bonds is 17. The van der Waals surface area contributed by atoms with Crippen molar-refractivity contribution in [3.63, 3.8) is 0 Å². The summed E-state index contributed by atoms with van der Waals surface area (Å²) in [5.74, 6) is -1.37. The SMILES string of the molecule is O=C(O)CCCCCCC/C=C\CCCCCCCCC(=O)O. The second-order valence-corrected chi connectivity index (χ2v) is 6.23. The Hall–Kier alpha value is -1.32. The molecule has 0 saturated carbocycles. The van der Waals surface area contributed by atoms with E-state index in [4.69, 9.17) is 10.2 Å². The van der Waals surface area contributed by atoms with Crippen LogP contribution in [0.2, 0.25) is 0 Å². The Bertz CT molecular complexity index is 323. The lowest BCUT2D eigenvalue weighted by Gasteiger charge is -2.00. The molecule has 0 fully saturated rings. The predicted molar refractivity (Wildman–Crippen MR) is 93.7 cm³/mol. The van der Waals surface area contributed by atoms with E-state index in [1.54, 1.807) is 0 Å². The number of aliphatic carboxylic acids is 2. The summed E-state index contributed by atoms with van der Waals surface area (Å²) in [5, 5.41) is 17.0. The molecule has 0 aromatic rings. The topological polar surface area (TPSA) is 74.6 Å². The molecule has 0 bridgehead atoms. The average molecular weight is 326 g/mol. The first-order valence-corrected chi connectivity index (χ1v) is 9.21. The van der Waals surface area contributed by atoms with E-state index < -0.39 is 11.9 Å². The van der Waals surface area contributed by atoms with Gasteiger partial charge in [-0.2, -0.15) is 0 Å². The number of unbranched alkanes of at least 4 members (excludes halogenated alkanes) is 11. The Kier molecular flexibility index (Phi) is 16.1. The minimum absolute atomic E-state index is 0.305. The first-order chi connectivity index (χ1) is 11.1. The van der Waals surface area contributed by atoms with Crippen molar-refractivity contribution >= 4 is 11.9 Å². The minimum atomic E-state index is -0.687. The van der Waals surface area contributed by atoms with Crippen LogP contribution in [0.5, 0.6) is 0 Å². The zero-order valence-corrected chi connectivity index (χ0v) is 14.5. The smallest absolute Gasteiger partial charge is 0.303 e. The number of hydrogen-bond donors (Lipinski definition) is 2. The van der Waals surface area contributed by atoms with Crippen LogP contribution in [-0.2, 0) is 9.59 Å². The first kappa shape index (κ1) is 21.7. The number of carboxylic acid groups (broad SMARTS) is 2. The maximum Gasteiger partial charge on any atom is 0.303 e. The Morgan fingerprint density at radius 1 is 0.522 bits per heavy atom. The van der Waals surface area contributed by atoms with E-state index in [1.807, 2.05) is 0 Å². The first-order valence-electron chi connectivity index (χ1n) is 9.21. The molecule has 2 N–H and O–H groups in total. The van der Waals surface area contributed by atoms with E-state index in [0.29, 0.717) is 12.8 Å². The van der Waals surface area contributed by atoms with Crippen LogP contribution in [0.15, 0.2) is 12.2 Å². The van der Waals surface area contributed by atoms with Crippen LogP contribution in [0.25, 0.3) is 0 Å². The number of allylic oxidation sites excluding steroid dienone is 2. The average Bonchev–Trinajstić information content (AvgIpc) is 2.49. The molecular weight excluding hydrogens is 292 g/mol. The monoisotopic (exact) mass is 326 g/mol. The van der Waals surface area contributed by atoms with Gasteiger partial charge in [0.15, 0.2) is 0 Å². The van der Waals surface area contributed by atoms with Gasteiger partial charge in [0.25, 0.3) is 0 Å². The Morgan fingerprint density at radius 3 is 1.17 bits per heavy atom. The zero-order chi connectivity index (χ0) is 17.2. The summed E-state index contributed by atoms with van der Waals surface area (Å²) in [6.07, 6.45) is 19.5. The summed E-state index contributed by atoms with van der Waals surface area (Å²) in [6.45, 7) is 0. The van der Waals surface area contributed by atoms with Crippen molar-refractivity contribution < 1.29 is 19.8 Å². The summed E-state index contributed by atoms with van der Waals surface area (Å²) in [5.41, 5.74) is 0. The van der Waals surface area contributed by atoms with Gasteiger partial charge in [-0.25, -0.2) is 0 Å². The van der Waals surface area contributed by atoms with E-state index in [9.17, 15) is 9.59 Å². The standard InChI is InChI=1S/C19H34O4/c20-18(21)16-14-12-10-8-6-4-2-1-3-5-7-9-11-13-15-17-19(22)23/h1-2H,3-17H2,(H,20,21)(H,22,23)/b2-1-. The number of carboxylic acids is 2. The van der Waals surface area contributed by atoms with Gasteiger partial charge in [0.05, 0.1) is 0 Å². The maximum atomic E-state index is 10.3. The van der Waals surface area contributed by atoms with E-state index in [-0.39, 0.29) is 0 Å². The van der Waals surface area contributed by atoms with Gasteiger partial charge in [0, 0.05) is 12.8 Å². The molecule has 0 aromatic heterocycles. The van der Waals surface area contributed by atoms with E-state index >= 15 is 0 Å². The van der Waals surface area contributed by atoms with Crippen LogP contribution < -0.4 is 0 Å². The molecule has 4 heteroatoms. The molecule has 0 aromatic carbocycles. The number of carbonyl (C=O) groups is 2. The third kappa shape index (κ3) is 20.7. The lowest BCUT2D eigenvalue weighted by molar-refractivity contribution is -0.138. The van der Waals surface area contributed by atoms with Crippen LogP contribution in [0.3, 0.4) is 0 Å². The molecule has 0 aliphatic carbocycles. The molecule has 4 nitrogen and oxygen atoms in total. The van der Waals surface area contributed by atoms with Gasteiger partial charge in [-0.1, -0.05) is 57.1 Å². The van der Waals surface area contributed by atoms with Crippen LogP contribution in [0, 0.1) is 0 Å². The summed E-state index contributed by atoms with van der Waals surface area (Å²) in [6, 6.07) is 0. The zero-order valence-electron chi connectivity index (χ0n) is 14.5. The molecule has 23 heavy (non-hydrogen) atoms. The van der Waals surface area contributed by atoms with Gasteiger partial charge >= 0.3 is 11.9 Å². The predicted octanol–water partition coefficient (Wildman–Crippen LogP) is 5.56. The van der Waals surface area contributed by atoms with Crippen LogP contribution in [0.1, 0.15) is 96.3 Å². The van der Waals surface area contributed by atoms with Crippen molar-refractivity contribution in [1.29, 1.82) is 0 Å². The van der Waals surface area contributed by atoms with Crippen molar-refractivity contribution in [3.05, 3.63) is 12.2 Å². The molecule has 0 saturated heterocycles. The summed E-state index contributed by atoms with van der Waals surface area (Å²) in [4.78, 5) is 20.7. The third-order valence-electron chi connectivity index (χ3n) is 3.94. The van der Waals surface area contributed by atoms with Gasteiger partial charge in [-0.3, -0.25) is 9.59 Å². The van der Waals surface area contributed by atoms with Crippen molar-refractivity contribution in [2.24, 2.45) is 0 Å². The van der Waals surface area contributed by atoms with Gasteiger partial charge in [0.2, 0.25) is 0 Å². The normalized spacial score (nSPS) is 11.1. The highest BCUT2D eigenvalue weighted by atomic mass is 16.4. The van der Waals surface area contributed by atoms with Crippen molar-refractivity contribution in [2.45, 2.75) is 96.3 Å². The molecule has 0 unspecified atom stereocenters. The fourth-order valence-corrected chi connectivity index (χ4v) is 2.55. The van der Waals surface area contributed by atoms with E-state index in [2.05, 4.69) is 12.2 Å². The quantitative estimate of drug-likeness (QED) is 0.271. The van der Waals surface area contributed by atoms with Crippen LogP contribution in [-0.4, -0.2) is 22.2 Å². The van der Waals surface area contributed by atoms with Crippen LogP contribution in [0.4, 0.5) is 0 Å². The second-order valence-electron chi connectivity index (χ2n) is 6.23. The minimum Gasteiger partial charge on any atom is -0.481 e. The summed E-state index contributed by atoms with van der Waals surface area (Å²) in [7, 11) is 0. The largest absolute Gasteiger partial charge is 0.481 e. The molecule has 0 spiro atoms. The Labute approximate surface area is 141 Å². The molecule has 0 aliphatic heterocycles. The maximum absolute atomic E-state index is 10.3. The summed E-state index contributed by atoms with van der Waals surface area (Å²) < 4.78 is 0. The van der Waals surface area contributed by atoms with Crippen molar-refractivity contribution in [2.75, 3.05) is 0 Å². The number of hydrogen-bond acceptors (Lipinski definition) is 2. The fraction of sp³-hybridized carbons (Fsp3) is 0.789. The lowest BCUT2D eigenvalue weighted by Crippen LogP contribution is -1.93. The molecule has 0 atom stereocenters. The van der Waals surface area contributed by atoms with E-state index in [0.717, 1.165) is 51.4 Å². The second kappa shape index (κ2) is 17.0. The molecule has 0 heterocycles. The van der Waals surface area contributed by atoms with Gasteiger partial charge in [-0.05, 0) is 38.5 Å². The third-order valence-corrected chi connectivity index (χ3v) is 3.94.